The molecule has 4 rings (SSSR count). The monoisotopic (exact) mass is 488 g/mol. The number of benzene rings is 1. The van der Waals surface area contributed by atoms with Gasteiger partial charge in [0.15, 0.2) is 11.3 Å². The van der Waals surface area contributed by atoms with E-state index in [0.29, 0.717) is 0 Å². The van der Waals surface area contributed by atoms with E-state index in [-0.39, 0.29) is 41.6 Å². The molecule has 1 fully saturated rings. The molecule has 0 radical (unpaired) electrons. The van der Waals surface area contributed by atoms with Gasteiger partial charge in [0.2, 0.25) is 10.0 Å². The van der Waals surface area contributed by atoms with Gasteiger partial charge in [0, 0.05) is 19.6 Å². The first-order chi connectivity index (χ1) is 15.4. The Bertz CT molecular complexity index is 1350. The van der Waals surface area contributed by atoms with Gasteiger partial charge in [-0.3, -0.25) is 14.8 Å². The number of H-pyrrole nitrogens is 2. The summed E-state index contributed by atoms with van der Waals surface area (Å²) in [6.07, 6.45) is -3.63. The predicted octanol–water partition coefficient (Wildman–Crippen LogP) is 0.509. The van der Waals surface area contributed by atoms with Crippen molar-refractivity contribution in [3.63, 3.8) is 0 Å². The first-order valence-corrected chi connectivity index (χ1v) is 10.7. The second kappa shape index (κ2) is 8.04. The van der Waals surface area contributed by atoms with Gasteiger partial charge in [0.1, 0.15) is 17.6 Å². The normalized spacial score (nSPS) is 17.9. The second-order valence-corrected chi connectivity index (χ2v) is 8.83. The quantitative estimate of drug-likeness (QED) is 0.465. The number of imidazole rings is 1. The van der Waals surface area contributed by atoms with Crippen LogP contribution in [-0.2, 0) is 14.8 Å². The molecule has 12 nitrogen and oxygen atoms in total. The summed E-state index contributed by atoms with van der Waals surface area (Å²) in [6, 6.07) is 1.95. The highest BCUT2D eigenvalue weighted by Gasteiger charge is 2.41. The van der Waals surface area contributed by atoms with E-state index >= 15 is 0 Å². The molecule has 1 atom stereocenters. The second-order valence-electron chi connectivity index (χ2n) is 6.94. The van der Waals surface area contributed by atoms with E-state index in [4.69, 9.17) is 0 Å². The minimum atomic E-state index is -4.94. The van der Waals surface area contributed by atoms with Gasteiger partial charge in [-0.2, -0.15) is 4.31 Å². The largest absolute Gasteiger partial charge is 0.573 e. The van der Waals surface area contributed by atoms with Crippen LogP contribution in [0.25, 0.3) is 11.3 Å². The summed E-state index contributed by atoms with van der Waals surface area (Å²) in [4.78, 5) is 37.5. The molecule has 0 spiro atoms. The summed E-state index contributed by atoms with van der Waals surface area (Å²) in [6.45, 7) is -0.477. The molecule has 0 unspecified atom stereocenters. The molecule has 2 aromatic heterocycles. The number of sulfonamides is 1. The summed E-state index contributed by atoms with van der Waals surface area (Å²) in [5.41, 5.74) is -0.161. The molecule has 1 aromatic carbocycles. The zero-order valence-corrected chi connectivity index (χ0v) is 17.2. The maximum Gasteiger partial charge on any atom is 0.573 e. The lowest BCUT2D eigenvalue weighted by Gasteiger charge is -2.38. The molecule has 0 bridgehead atoms. The van der Waals surface area contributed by atoms with Crippen LogP contribution in [0.2, 0.25) is 0 Å². The predicted molar refractivity (Wildman–Crippen MR) is 105 cm³/mol. The molecule has 33 heavy (non-hydrogen) atoms. The number of hydrogen-bond donors (Lipinski definition) is 3. The first-order valence-electron chi connectivity index (χ1n) is 9.24. The van der Waals surface area contributed by atoms with E-state index in [1.807, 2.05) is 0 Å². The Kier molecular flexibility index (Phi) is 5.49. The average Bonchev–Trinajstić information content (AvgIpc) is 3.11. The Morgan fingerprint density at radius 1 is 1.15 bits per heavy atom. The zero-order chi connectivity index (χ0) is 24.0. The summed E-state index contributed by atoms with van der Waals surface area (Å²) in [5.74, 6) is -1.81. The number of carbonyl (C=O) groups is 1. The SMILES string of the molecule is O=C(O)[C@H]1CN(c2cnc3[nH]c(=O)[nH]c3n2)CCN1S(=O)(=O)c1ccc(OC(F)(F)F)cc1. The van der Waals surface area contributed by atoms with Crippen molar-refractivity contribution in [3.05, 3.63) is 40.9 Å². The summed E-state index contributed by atoms with van der Waals surface area (Å²) in [7, 11) is -4.35. The minimum absolute atomic E-state index is 0.0487. The molecule has 16 heteroatoms. The van der Waals surface area contributed by atoms with Crippen LogP contribution in [0.3, 0.4) is 0 Å². The van der Waals surface area contributed by atoms with E-state index in [1.165, 1.54) is 11.1 Å². The van der Waals surface area contributed by atoms with Gasteiger partial charge in [-0.25, -0.2) is 23.2 Å². The van der Waals surface area contributed by atoms with Crippen LogP contribution in [0.5, 0.6) is 5.75 Å². The minimum Gasteiger partial charge on any atom is -0.480 e. The number of fused-ring (bicyclic) bond motifs is 1. The number of carboxylic acid groups (broad SMARTS) is 1. The standard InChI is InChI=1S/C17H15F3N6O6S/c18-17(19,20)32-9-1-3-10(4-2-9)33(30,31)26-6-5-25(8-11(26)15(27)28)12-7-21-13-14(22-12)24-16(29)23-13/h1-4,7,11H,5-6,8H2,(H,27,28)(H2,21,22,23,24,29)/t11-/m1/s1. The molecule has 0 amide bonds. The van der Waals surface area contributed by atoms with Gasteiger partial charge >= 0.3 is 18.0 Å². The highest BCUT2D eigenvalue weighted by Crippen LogP contribution is 2.27. The Hall–Kier alpha value is -3.66. The van der Waals surface area contributed by atoms with Crippen LogP contribution < -0.4 is 15.3 Å². The number of ether oxygens (including phenoxy) is 1. The number of aliphatic carboxylic acids is 1. The molecule has 3 heterocycles. The van der Waals surface area contributed by atoms with Crippen molar-refractivity contribution < 1.29 is 36.2 Å². The maximum atomic E-state index is 13.0. The van der Waals surface area contributed by atoms with Crippen molar-refractivity contribution in [1.82, 2.24) is 24.2 Å². The smallest absolute Gasteiger partial charge is 0.480 e. The number of anilines is 1. The molecular weight excluding hydrogens is 473 g/mol. The molecule has 3 aromatic rings. The van der Waals surface area contributed by atoms with Gasteiger partial charge in [-0.1, -0.05) is 0 Å². The van der Waals surface area contributed by atoms with E-state index in [1.54, 1.807) is 0 Å². The topological polar surface area (TPSA) is 162 Å². The Balaban J connectivity index is 1.57. The van der Waals surface area contributed by atoms with E-state index in [9.17, 15) is 36.3 Å². The number of aromatic nitrogens is 4. The van der Waals surface area contributed by atoms with Crippen LogP contribution in [0.15, 0.2) is 40.2 Å². The molecule has 1 aliphatic rings. The van der Waals surface area contributed by atoms with Crippen LogP contribution in [0.1, 0.15) is 0 Å². The number of nitrogens with zero attached hydrogens (tertiary/aromatic N) is 4. The van der Waals surface area contributed by atoms with Crippen molar-refractivity contribution in [2.45, 2.75) is 17.3 Å². The lowest BCUT2D eigenvalue weighted by molar-refractivity contribution is -0.274. The lowest BCUT2D eigenvalue weighted by Crippen LogP contribution is -2.58. The molecule has 3 N–H and O–H groups in total. The number of aromatic amines is 2. The number of halogens is 3. The molecule has 0 saturated carbocycles. The van der Waals surface area contributed by atoms with Crippen LogP contribution >= 0.6 is 0 Å². The van der Waals surface area contributed by atoms with Crippen molar-refractivity contribution >= 4 is 33.1 Å². The van der Waals surface area contributed by atoms with E-state index in [2.05, 4.69) is 24.7 Å². The highest BCUT2D eigenvalue weighted by molar-refractivity contribution is 7.89. The van der Waals surface area contributed by atoms with Crippen LogP contribution in [0.4, 0.5) is 19.0 Å². The van der Waals surface area contributed by atoms with Crippen molar-refractivity contribution in [2.75, 3.05) is 24.5 Å². The fourth-order valence-corrected chi connectivity index (χ4v) is 4.93. The Morgan fingerprint density at radius 2 is 1.82 bits per heavy atom. The molecule has 1 aliphatic heterocycles. The van der Waals surface area contributed by atoms with Gasteiger partial charge in [0.25, 0.3) is 0 Å². The van der Waals surface area contributed by atoms with Gasteiger partial charge < -0.3 is 14.7 Å². The van der Waals surface area contributed by atoms with Crippen molar-refractivity contribution in [1.29, 1.82) is 0 Å². The lowest BCUT2D eigenvalue weighted by atomic mass is 10.2. The molecule has 176 valence electrons. The first kappa shape index (κ1) is 22.5. The van der Waals surface area contributed by atoms with Gasteiger partial charge in [-0.15, -0.1) is 13.2 Å². The Morgan fingerprint density at radius 3 is 2.45 bits per heavy atom. The van der Waals surface area contributed by atoms with Crippen LogP contribution in [0, 0.1) is 0 Å². The third-order valence-electron chi connectivity index (χ3n) is 4.83. The zero-order valence-electron chi connectivity index (χ0n) is 16.4. The number of alkyl halides is 3. The highest BCUT2D eigenvalue weighted by atomic mass is 32.2. The number of rotatable bonds is 5. The number of nitrogens with one attached hydrogen (secondary N) is 2. The van der Waals surface area contributed by atoms with Crippen molar-refractivity contribution in [2.24, 2.45) is 0 Å². The van der Waals surface area contributed by atoms with Crippen molar-refractivity contribution in [3.8, 4) is 5.75 Å². The fourth-order valence-electron chi connectivity index (χ4n) is 3.37. The third-order valence-corrected chi connectivity index (χ3v) is 6.75. The Labute approximate surface area is 182 Å². The fraction of sp³-hybridized carbons (Fsp3) is 0.294. The molecule has 0 aliphatic carbocycles. The number of piperazine rings is 1. The molecule has 1 saturated heterocycles. The number of hydrogen-bond acceptors (Lipinski definition) is 8. The number of carboxylic acids is 1. The van der Waals surface area contributed by atoms with E-state index < -0.39 is 39.8 Å². The summed E-state index contributed by atoms with van der Waals surface area (Å²) in [5, 5.41) is 9.66. The summed E-state index contributed by atoms with van der Waals surface area (Å²) >= 11 is 0. The van der Waals surface area contributed by atoms with Crippen LogP contribution in [-0.4, -0.2) is 75.8 Å². The van der Waals surface area contributed by atoms with E-state index in [0.717, 1.165) is 28.6 Å². The van der Waals surface area contributed by atoms with Gasteiger partial charge in [0.05, 0.1) is 11.1 Å². The summed E-state index contributed by atoms with van der Waals surface area (Å²) < 4.78 is 67.5. The third kappa shape index (κ3) is 4.61. The van der Waals surface area contributed by atoms with Gasteiger partial charge in [-0.05, 0) is 24.3 Å². The average molecular weight is 488 g/mol. The maximum absolute atomic E-state index is 13.0. The molecular formula is C17H15F3N6O6S.